The van der Waals surface area contributed by atoms with E-state index in [1.54, 1.807) is 11.3 Å². The van der Waals surface area contributed by atoms with E-state index >= 15 is 0 Å². The third-order valence-corrected chi connectivity index (χ3v) is 5.49. The van der Waals surface area contributed by atoms with Crippen molar-refractivity contribution in [2.24, 2.45) is 0 Å². The van der Waals surface area contributed by atoms with Crippen LogP contribution in [0.5, 0.6) is 10.9 Å². The summed E-state index contributed by atoms with van der Waals surface area (Å²) in [6, 6.07) is 6.06. The Bertz CT molecular complexity index is 756. The monoisotopic (exact) mass is 392 g/mol. The minimum atomic E-state index is -0.0190. The summed E-state index contributed by atoms with van der Waals surface area (Å²) in [7, 11) is 0. The van der Waals surface area contributed by atoms with E-state index in [0.717, 1.165) is 41.6 Å². The second-order valence-corrected chi connectivity index (χ2v) is 7.99. The quantitative estimate of drug-likeness (QED) is 0.737. The van der Waals surface area contributed by atoms with Gasteiger partial charge in [0.2, 0.25) is 5.91 Å². The Morgan fingerprint density at radius 2 is 2.04 bits per heavy atom. The molecule has 0 bridgehead atoms. The summed E-state index contributed by atoms with van der Waals surface area (Å²) in [6.07, 6.45) is 4.38. The van der Waals surface area contributed by atoms with Crippen LogP contribution in [0.1, 0.15) is 46.5 Å². The Morgan fingerprint density at radius 1 is 1.30 bits per heavy atom. The van der Waals surface area contributed by atoms with E-state index in [-0.39, 0.29) is 24.2 Å². The predicted octanol–water partition coefficient (Wildman–Crippen LogP) is 3.93. The Hall–Kier alpha value is -1.86. The van der Waals surface area contributed by atoms with Crippen LogP contribution in [0.25, 0.3) is 10.2 Å². The molecule has 1 aromatic heterocycles. The number of rotatable bonds is 8. The van der Waals surface area contributed by atoms with Gasteiger partial charge in [0.15, 0.2) is 0 Å². The van der Waals surface area contributed by atoms with Crippen molar-refractivity contribution in [1.29, 1.82) is 0 Å². The Kier molecular flexibility index (Phi) is 6.90. The molecule has 27 heavy (non-hydrogen) atoms. The van der Waals surface area contributed by atoms with Gasteiger partial charge in [-0.15, -0.1) is 0 Å². The fourth-order valence-corrected chi connectivity index (χ4v) is 4.22. The van der Waals surface area contributed by atoms with Crippen molar-refractivity contribution in [3.8, 4) is 10.9 Å². The summed E-state index contributed by atoms with van der Waals surface area (Å²) in [4.78, 5) is 15.5. The van der Waals surface area contributed by atoms with Crippen LogP contribution in [0.4, 0.5) is 0 Å². The van der Waals surface area contributed by atoms with Gasteiger partial charge in [0.25, 0.3) is 5.19 Å². The number of hydrogen-bond acceptors (Lipinski definition) is 6. The molecule has 1 aliphatic carbocycles. The Labute approximate surface area is 164 Å². The fourth-order valence-electron chi connectivity index (χ4n) is 3.32. The SMILES string of the molecule is CCOc1nc2ccc(O[C@H]3CC[C@H](OC[C@H](C)NC(C)=O)CC3)cc2s1. The summed E-state index contributed by atoms with van der Waals surface area (Å²) in [5, 5.41) is 3.55. The van der Waals surface area contributed by atoms with Crippen LogP contribution in [0.3, 0.4) is 0 Å². The number of thiazole rings is 1. The third-order valence-electron chi connectivity index (χ3n) is 4.56. The highest BCUT2D eigenvalue weighted by Crippen LogP contribution is 2.32. The molecule has 1 atom stereocenters. The number of fused-ring (bicyclic) bond motifs is 1. The Morgan fingerprint density at radius 3 is 2.74 bits per heavy atom. The molecule has 1 heterocycles. The van der Waals surface area contributed by atoms with E-state index in [0.29, 0.717) is 18.4 Å². The van der Waals surface area contributed by atoms with Gasteiger partial charge in [-0.25, -0.2) is 4.98 Å². The van der Waals surface area contributed by atoms with Crippen molar-refractivity contribution >= 4 is 27.5 Å². The summed E-state index contributed by atoms with van der Waals surface area (Å²) in [5.41, 5.74) is 0.946. The van der Waals surface area contributed by atoms with Crippen molar-refractivity contribution < 1.29 is 19.0 Å². The fraction of sp³-hybridized carbons (Fsp3) is 0.600. The topological polar surface area (TPSA) is 69.7 Å². The molecule has 1 saturated carbocycles. The largest absolute Gasteiger partial charge is 0.490 e. The van der Waals surface area contributed by atoms with E-state index in [4.69, 9.17) is 14.2 Å². The lowest BCUT2D eigenvalue weighted by molar-refractivity contribution is -0.120. The van der Waals surface area contributed by atoms with Crippen molar-refractivity contribution in [3.63, 3.8) is 0 Å². The molecule has 1 aromatic carbocycles. The van der Waals surface area contributed by atoms with Gasteiger partial charge in [-0.2, -0.15) is 0 Å². The van der Waals surface area contributed by atoms with Crippen LogP contribution in [0, 0.1) is 0 Å². The van der Waals surface area contributed by atoms with Gasteiger partial charge in [-0.05, 0) is 57.7 Å². The maximum Gasteiger partial charge on any atom is 0.274 e. The van der Waals surface area contributed by atoms with Gasteiger partial charge in [0, 0.05) is 13.0 Å². The highest BCUT2D eigenvalue weighted by atomic mass is 32.1. The van der Waals surface area contributed by atoms with Crippen molar-refractivity contribution in [1.82, 2.24) is 10.3 Å². The van der Waals surface area contributed by atoms with Gasteiger partial charge in [-0.3, -0.25) is 4.79 Å². The second kappa shape index (κ2) is 9.37. The third kappa shape index (κ3) is 5.81. The number of nitrogens with one attached hydrogen (secondary N) is 1. The molecule has 0 radical (unpaired) electrons. The lowest BCUT2D eigenvalue weighted by Gasteiger charge is -2.29. The molecule has 7 heteroatoms. The molecule has 1 N–H and O–H groups in total. The maximum atomic E-state index is 11.0. The predicted molar refractivity (Wildman–Crippen MR) is 107 cm³/mol. The number of amides is 1. The molecule has 3 rings (SSSR count). The molecule has 0 unspecified atom stereocenters. The maximum absolute atomic E-state index is 11.0. The van der Waals surface area contributed by atoms with Crippen molar-refractivity contribution in [3.05, 3.63) is 18.2 Å². The first-order chi connectivity index (χ1) is 13.0. The molecule has 6 nitrogen and oxygen atoms in total. The van der Waals surface area contributed by atoms with Gasteiger partial charge < -0.3 is 19.5 Å². The number of nitrogens with zero attached hydrogens (tertiary/aromatic N) is 1. The molecule has 0 spiro atoms. The molecule has 1 fully saturated rings. The zero-order valence-electron chi connectivity index (χ0n) is 16.2. The zero-order chi connectivity index (χ0) is 19.2. The highest BCUT2D eigenvalue weighted by Gasteiger charge is 2.23. The van der Waals surface area contributed by atoms with Crippen LogP contribution < -0.4 is 14.8 Å². The van der Waals surface area contributed by atoms with E-state index in [9.17, 15) is 4.79 Å². The van der Waals surface area contributed by atoms with Gasteiger partial charge in [0.05, 0.1) is 35.6 Å². The first-order valence-electron chi connectivity index (χ1n) is 9.62. The van der Waals surface area contributed by atoms with Crippen LogP contribution >= 0.6 is 11.3 Å². The molecule has 148 valence electrons. The van der Waals surface area contributed by atoms with Crippen LogP contribution in [-0.2, 0) is 9.53 Å². The van der Waals surface area contributed by atoms with E-state index in [1.807, 2.05) is 32.0 Å². The number of hydrogen-bond donors (Lipinski definition) is 1. The van der Waals surface area contributed by atoms with Crippen LogP contribution in [0.15, 0.2) is 18.2 Å². The minimum absolute atomic E-state index is 0.0190. The first kappa shape index (κ1) is 19.9. The lowest BCUT2D eigenvalue weighted by atomic mass is 9.95. The van der Waals surface area contributed by atoms with Crippen molar-refractivity contribution in [2.45, 2.75) is 64.7 Å². The summed E-state index contributed by atoms with van der Waals surface area (Å²) >= 11 is 1.55. The normalized spacial score (nSPS) is 21.0. The molecular weight excluding hydrogens is 364 g/mol. The van der Waals surface area contributed by atoms with E-state index < -0.39 is 0 Å². The number of carbonyl (C=O) groups excluding carboxylic acids is 1. The highest BCUT2D eigenvalue weighted by molar-refractivity contribution is 7.20. The molecule has 0 aliphatic heterocycles. The number of aromatic nitrogens is 1. The Balaban J connectivity index is 1.46. The first-order valence-corrected chi connectivity index (χ1v) is 10.4. The standard InChI is InChI=1S/C20H28N2O4S/c1-4-24-20-22-18-10-9-17(11-19(18)27-20)26-16-7-5-15(6-8-16)25-12-13(2)21-14(3)23/h9-11,13,15-16H,4-8,12H2,1-3H3,(H,21,23)/t13-,15-,16-/m0/s1. The number of carbonyl (C=O) groups is 1. The number of benzene rings is 1. The van der Waals surface area contributed by atoms with Gasteiger partial charge in [-0.1, -0.05) is 11.3 Å². The lowest BCUT2D eigenvalue weighted by Crippen LogP contribution is -2.36. The minimum Gasteiger partial charge on any atom is -0.490 e. The van der Waals surface area contributed by atoms with E-state index in [2.05, 4.69) is 10.3 Å². The summed E-state index contributed by atoms with van der Waals surface area (Å²) in [6.45, 7) is 6.63. The molecule has 2 aromatic rings. The van der Waals surface area contributed by atoms with Crippen LogP contribution in [0.2, 0.25) is 0 Å². The smallest absolute Gasteiger partial charge is 0.274 e. The van der Waals surface area contributed by atoms with E-state index in [1.165, 1.54) is 6.92 Å². The van der Waals surface area contributed by atoms with Gasteiger partial charge in [0.1, 0.15) is 5.75 Å². The summed E-state index contributed by atoms with van der Waals surface area (Å²) in [5.74, 6) is 0.868. The van der Waals surface area contributed by atoms with Crippen molar-refractivity contribution in [2.75, 3.05) is 13.2 Å². The molecule has 1 aliphatic rings. The zero-order valence-corrected chi connectivity index (χ0v) is 17.0. The molecule has 1 amide bonds. The average molecular weight is 393 g/mol. The van der Waals surface area contributed by atoms with Crippen LogP contribution in [-0.4, -0.2) is 42.4 Å². The second-order valence-electron chi connectivity index (χ2n) is 6.99. The average Bonchev–Trinajstić information content (AvgIpc) is 3.02. The molecular formula is C20H28N2O4S. The number of ether oxygens (including phenoxy) is 3. The molecule has 0 saturated heterocycles. The summed E-state index contributed by atoms with van der Waals surface area (Å²) < 4.78 is 18.7. The van der Waals surface area contributed by atoms with Gasteiger partial charge >= 0.3 is 0 Å².